The van der Waals surface area contributed by atoms with Gasteiger partial charge in [0.25, 0.3) is 0 Å². The molecular formula is C22H29N3O2. The minimum atomic E-state index is 0.140. The minimum absolute atomic E-state index is 0.140. The third-order valence-corrected chi connectivity index (χ3v) is 4.50. The van der Waals surface area contributed by atoms with E-state index in [1.165, 1.54) is 16.7 Å². The number of guanidine groups is 1. The molecule has 1 aliphatic rings. The summed E-state index contributed by atoms with van der Waals surface area (Å²) in [5, 5.41) is 6.71. The Balaban J connectivity index is 1.42. The summed E-state index contributed by atoms with van der Waals surface area (Å²) in [5.41, 5.74) is 3.66. The Kier molecular flexibility index (Phi) is 6.71. The van der Waals surface area contributed by atoms with Crippen molar-refractivity contribution in [3.8, 4) is 5.75 Å². The fourth-order valence-corrected chi connectivity index (χ4v) is 3.00. The van der Waals surface area contributed by atoms with Crippen LogP contribution in [0.3, 0.4) is 0 Å². The number of benzene rings is 2. The van der Waals surface area contributed by atoms with E-state index in [1.54, 1.807) is 7.05 Å². The molecule has 2 aromatic carbocycles. The lowest BCUT2D eigenvalue weighted by Crippen LogP contribution is -2.41. The SMILES string of the molecule is CN=C(NCc1ccc(COC(C)C)cc1)NCC1Cc2ccccc2O1. The number of fused-ring (bicyclic) bond motifs is 1. The Morgan fingerprint density at radius 2 is 1.85 bits per heavy atom. The van der Waals surface area contributed by atoms with Crippen LogP contribution >= 0.6 is 0 Å². The average molecular weight is 367 g/mol. The van der Waals surface area contributed by atoms with E-state index >= 15 is 0 Å². The van der Waals surface area contributed by atoms with Crippen molar-refractivity contribution < 1.29 is 9.47 Å². The molecule has 1 unspecified atom stereocenters. The molecule has 0 radical (unpaired) electrons. The number of hydrogen-bond acceptors (Lipinski definition) is 3. The Bertz CT molecular complexity index is 731. The molecule has 5 nitrogen and oxygen atoms in total. The first-order valence-corrected chi connectivity index (χ1v) is 9.52. The Labute approximate surface area is 161 Å². The number of aliphatic imine (C=N–C) groups is 1. The summed E-state index contributed by atoms with van der Waals surface area (Å²) in [6, 6.07) is 16.7. The van der Waals surface area contributed by atoms with Crippen LogP contribution in [0.2, 0.25) is 0 Å². The maximum Gasteiger partial charge on any atom is 0.191 e. The van der Waals surface area contributed by atoms with Crippen molar-refractivity contribution in [2.45, 2.75) is 45.6 Å². The number of nitrogens with one attached hydrogen (secondary N) is 2. The predicted octanol–water partition coefficient (Wildman–Crippen LogP) is 3.28. The number of nitrogens with zero attached hydrogens (tertiary/aromatic N) is 1. The summed E-state index contributed by atoms with van der Waals surface area (Å²) in [7, 11) is 1.78. The number of para-hydroxylation sites is 1. The molecule has 0 amide bonds. The molecule has 144 valence electrons. The molecule has 3 rings (SSSR count). The van der Waals surface area contributed by atoms with Crippen LogP contribution in [-0.4, -0.2) is 31.8 Å². The Hall–Kier alpha value is -2.53. The minimum Gasteiger partial charge on any atom is -0.488 e. The van der Waals surface area contributed by atoms with Gasteiger partial charge in [0.1, 0.15) is 11.9 Å². The largest absolute Gasteiger partial charge is 0.488 e. The summed E-state index contributed by atoms with van der Waals surface area (Å²) < 4.78 is 11.6. The molecule has 5 heteroatoms. The number of hydrogen-bond donors (Lipinski definition) is 2. The lowest BCUT2D eigenvalue weighted by molar-refractivity contribution is 0.0657. The van der Waals surface area contributed by atoms with Crippen molar-refractivity contribution in [3.63, 3.8) is 0 Å². The van der Waals surface area contributed by atoms with E-state index in [2.05, 4.69) is 52.0 Å². The van der Waals surface area contributed by atoms with Crippen LogP contribution in [0.4, 0.5) is 0 Å². The Morgan fingerprint density at radius 1 is 1.11 bits per heavy atom. The lowest BCUT2D eigenvalue weighted by atomic mass is 10.1. The third-order valence-electron chi connectivity index (χ3n) is 4.50. The normalized spacial score (nSPS) is 16.1. The maximum atomic E-state index is 5.96. The van der Waals surface area contributed by atoms with Gasteiger partial charge < -0.3 is 20.1 Å². The zero-order valence-electron chi connectivity index (χ0n) is 16.4. The lowest BCUT2D eigenvalue weighted by Gasteiger charge is -2.16. The quantitative estimate of drug-likeness (QED) is 0.582. The second-order valence-electron chi connectivity index (χ2n) is 7.03. The highest BCUT2D eigenvalue weighted by atomic mass is 16.5. The first-order chi connectivity index (χ1) is 13.1. The van der Waals surface area contributed by atoms with Crippen LogP contribution in [0.25, 0.3) is 0 Å². The maximum absolute atomic E-state index is 5.96. The molecule has 0 saturated carbocycles. The van der Waals surface area contributed by atoms with Gasteiger partial charge in [-0.3, -0.25) is 4.99 Å². The fraction of sp³-hybridized carbons (Fsp3) is 0.409. The van der Waals surface area contributed by atoms with Gasteiger partial charge in [0.15, 0.2) is 5.96 Å². The van der Waals surface area contributed by atoms with Gasteiger partial charge in [0, 0.05) is 20.0 Å². The van der Waals surface area contributed by atoms with Gasteiger partial charge in [0.2, 0.25) is 0 Å². The van der Waals surface area contributed by atoms with E-state index in [-0.39, 0.29) is 12.2 Å². The zero-order valence-corrected chi connectivity index (χ0v) is 16.4. The predicted molar refractivity (Wildman–Crippen MR) is 109 cm³/mol. The highest BCUT2D eigenvalue weighted by molar-refractivity contribution is 5.79. The molecule has 27 heavy (non-hydrogen) atoms. The monoisotopic (exact) mass is 367 g/mol. The molecule has 0 saturated heterocycles. The summed E-state index contributed by atoms with van der Waals surface area (Å²) in [4.78, 5) is 4.30. The van der Waals surface area contributed by atoms with Crippen LogP contribution < -0.4 is 15.4 Å². The molecule has 1 heterocycles. The highest BCUT2D eigenvalue weighted by Gasteiger charge is 2.22. The molecule has 0 aromatic heterocycles. The first kappa shape index (κ1) is 19.2. The molecule has 2 N–H and O–H groups in total. The standard InChI is InChI=1S/C22H29N3O2/c1-16(2)26-15-18-10-8-17(9-11-18)13-24-22(23-3)25-14-20-12-19-6-4-5-7-21(19)27-20/h4-11,16,20H,12-15H2,1-3H3,(H2,23,24,25). The molecule has 0 fully saturated rings. The van der Waals surface area contributed by atoms with E-state index in [0.29, 0.717) is 6.61 Å². The zero-order chi connectivity index (χ0) is 19.1. The van der Waals surface area contributed by atoms with Gasteiger partial charge in [-0.2, -0.15) is 0 Å². The fourth-order valence-electron chi connectivity index (χ4n) is 3.00. The first-order valence-electron chi connectivity index (χ1n) is 9.52. The summed E-state index contributed by atoms with van der Waals surface area (Å²) in [6.07, 6.45) is 1.32. The molecular weight excluding hydrogens is 338 g/mol. The van der Waals surface area contributed by atoms with E-state index in [0.717, 1.165) is 31.2 Å². The van der Waals surface area contributed by atoms with E-state index in [9.17, 15) is 0 Å². The topological polar surface area (TPSA) is 54.9 Å². The molecule has 0 bridgehead atoms. The molecule has 0 spiro atoms. The molecule has 1 aliphatic heterocycles. The van der Waals surface area contributed by atoms with E-state index in [1.807, 2.05) is 26.0 Å². The molecule has 2 aromatic rings. The molecule has 0 aliphatic carbocycles. The number of ether oxygens (including phenoxy) is 2. The second kappa shape index (κ2) is 9.42. The summed E-state index contributed by atoms with van der Waals surface area (Å²) in [5.74, 6) is 1.77. The highest BCUT2D eigenvalue weighted by Crippen LogP contribution is 2.27. The van der Waals surface area contributed by atoms with Gasteiger partial charge >= 0.3 is 0 Å². The smallest absolute Gasteiger partial charge is 0.191 e. The van der Waals surface area contributed by atoms with Crippen molar-refractivity contribution in [2.75, 3.05) is 13.6 Å². The van der Waals surface area contributed by atoms with Crippen molar-refractivity contribution >= 4 is 5.96 Å². The van der Waals surface area contributed by atoms with Gasteiger partial charge in [0.05, 0.1) is 19.3 Å². The summed E-state index contributed by atoms with van der Waals surface area (Å²) >= 11 is 0. The van der Waals surface area contributed by atoms with Gasteiger partial charge in [-0.15, -0.1) is 0 Å². The van der Waals surface area contributed by atoms with Crippen molar-refractivity contribution in [1.29, 1.82) is 0 Å². The van der Waals surface area contributed by atoms with Crippen molar-refractivity contribution in [2.24, 2.45) is 4.99 Å². The van der Waals surface area contributed by atoms with Crippen LogP contribution in [0.1, 0.15) is 30.5 Å². The number of rotatable bonds is 7. The van der Waals surface area contributed by atoms with Gasteiger partial charge in [-0.05, 0) is 36.6 Å². The van der Waals surface area contributed by atoms with Crippen molar-refractivity contribution in [3.05, 3.63) is 65.2 Å². The van der Waals surface area contributed by atoms with Crippen LogP contribution in [0.5, 0.6) is 5.75 Å². The third kappa shape index (κ3) is 5.73. The van der Waals surface area contributed by atoms with Crippen LogP contribution in [-0.2, 0) is 24.3 Å². The van der Waals surface area contributed by atoms with Gasteiger partial charge in [-0.1, -0.05) is 42.5 Å². The Morgan fingerprint density at radius 3 is 2.56 bits per heavy atom. The van der Waals surface area contributed by atoms with E-state index < -0.39 is 0 Å². The second-order valence-corrected chi connectivity index (χ2v) is 7.03. The van der Waals surface area contributed by atoms with Crippen LogP contribution in [0, 0.1) is 0 Å². The van der Waals surface area contributed by atoms with Crippen molar-refractivity contribution in [1.82, 2.24) is 10.6 Å². The summed E-state index contributed by atoms with van der Waals surface area (Å²) in [6.45, 7) is 6.19. The average Bonchev–Trinajstić information content (AvgIpc) is 3.10. The van der Waals surface area contributed by atoms with Gasteiger partial charge in [-0.25, -0.2) is 0 Å². The molecule has 1 atom stereocenters. The van der Waals surface area contributed by atoms with Crippen LogP contribution in [0.15, 0.2) is 53.5 Å². The van der Waals surface area contributed by atoms with E-state index in [4.69, 9.17) is 9.47 Å².